The van der Waals surface area contributed by atoms with Gasteiger partial charge in [-0.1, -0.05) is 30.3 Å². The second-order valence-corrected chi connectivity index (χ2v) is 9.15. The largest absolute Gasteiger partial charge is 0.497 e. The van der Waals surface area contributed by atoms with Gasteiger partial charge in [-0.2, -0.15) is 0 Å². The van der Waals surface area contributed by atoms with Gasteiger partial charge in [0.1, 0.15) is 17.3 Å². The van der Waals surface area contributed by atoms with Crippen molar-refractivity contribution in [1.29, 1.82) is 0 Å². The molecule has 186 valence electrons. The van der Waals surface area contributed by atoms with Crippen molar-refractivity contribution in [2.45, 2.75) is 25.6 Å². The molecule has 7 nitrogen and oxygen atoms in total. The molecule has 2 aromatic carbocycles. The van der Waals surface area contributed by atoms with E-state index in [1.807, 2.05) is 66.0 Å². The lowest BCUT2D eigenvalue weighted by Crippen LogP contribution is -2.43. The number of methoxy groups -OCH3 is 2. The molecule has 36 heavy (non-hydrogen) atoms. The minimum atomic E-state index is -0.947. The van der Waals surface area contributed by atoms with E-state index in [4.69, 9.17) is 13.9 Å². The molecule has 1 N–H and O–H groups in total. The van der Waals surface area contributed by atoms with Crippen LogP contribution in [0, 0.1) is 0 Å². The fourth-order valence-electron chi connectivity index (χ4n) is 3.86. The summed E-state index contributed by atoms with van der Waals surface area (Å²) in [5.74, 6) is 1.30. The van der Waals surface area contributed by atoms with E-state index in [0.717, 1.165) is 21.8 Å². The standard InChI is InChI=1S/C28H28N2O5S/c1-33-22-12-10-20(11-13-22)18-29-28(32)27(25-9-4-14-35-25)30(26(31)17-24-8-5-15-36-24)19-21-6-3-7-23(16-21)34-2/h3-16,27H,17-19H2,1-2H3,(H,29,32)/t27-/m0/s1. The quantitative estimate of drug-likeness (QED) is 0.311. The minimum absolute atomic E-state index is 0.179. The third-order valence-corrected chi connectivity index (χ3v) is 6.59. The summed E-state index contributed by atoms with van der Waals surface area (Å²) in [5.41, 5.74) is 1.75. The first kappa shape index (κ1) is 25.1. The van der Waals surface area contributed by atoms with Crippen molar-refractivity contribution in [2.24, 2.45) is 0 Å². The molecule has 2 heterocycles. The van der Waals surface area contributed by atoms with Gasteiger partial charge < -0.3 is 24.1 Å². The van der Waals surface area contributed by atoms with Crippen LogP contribution in [-0.2, 0) is 29.1 Å². The number of furan rings is 1. The maximum Gasteiger partial charge on any atom is 0.251 e. The van der Waals surface area contributed by atoms with E-state index in [0.29, 0.717) is 18.1 Å². The van der Waals surface area contributed by atoms with Crippen LogP contribution in [0.2, 0.25) is 0 Å². The smallest absolute Gasteiger partial charge is 0.251 e. The number of nitrogens with zero attached hydrogens (tertiary/aromatic N) is 1. The maximum absolute atomic E-state index is 13.6. The van der Waals surface area contributed by atoms with Gasteiger partial charge in [0.15, 0.2) is 6.04 Å². The summed E-state index contributed by atoms with van der Waals surface area (Å²) in [6.07, 6.45) is 1.69. The average molecular weight is 505 g/mol. The summed E-state index contributed by atoms with van der Waals surface area (Å²) in [6.45, 7) is 0.509. The Hall–Kier alpha value is -4.04. The predicted octanol–water partition coefficient (Wildman–Crippen LogP) is 4.99. The van der Waals surface area contributed by atoms with Crippen LogP contribution in [-0.4, -0.2) is 30.9 Å². The van der Waals surface area contributed by atoms with Crippen molar-refractivity contribution in [1.82, 2.24) is 10.2 Å². The highest BCUT2D eigenvalue weighted by molar-refractivity contribution is 7.10. The van der Waals surface area contributed by atoms with Gasteiger partial charge in [-0.25, -0.2) is 0 Å². The first-order valence-electron chi connectivity index (χ1n) is 11.5. The van der Waals surface area contributed by atoms with Crippen LogP contribution < -0.4 is 14.8 Å². The van der Waals surface area contributed by atoms with Crippen LogP contribution in [0.25, 0.3) is 0 Å². The van der Waals surface area contributed by atoms with E-state index < -0.39 is 6.04 Å². The number of benzene rings is 2. The second-order valence-electron chi connectivity index (χ2n) is 8.11. The number of nitrogens with one attached hydrogen (secondary N) is 1. The first-order chi connectivity index (χ1) is 17.6. The lowest BCUT2D eigenvalue weighted by atomic mass is 10.1. The van der Waals surface area contributed by atoms with E-state index in [1.54, 1.807) is 31.3 Å². The van der Waals surface area contributed by atoms with E-state index in [1.165, 1.54) is 17.6 Å². The predicted molar refractivity (Wildman–Crippen MR) is 138 cm³/mol. The van der Waals surface area contributed by atoms with Gasteiger partial charge in [-0.15, -0.1) is 11.3 Å². The Morgan fingerprint density at radius 2 is 1.75 bits per heavy atom. The molecule has 0 bridgehead atoms. The van der Waals surface area contributed by atoms with Gasteiger partial charge in [0, 0.05) is 18.0 Å². The lowest BCUT2D eigenvalue weighted by Gasteiger charge is -2.30. The molecule has 4 aromatic rings. The van der Waals surface area contributed by atoms with Gasteiger partial charge in [0.05, 0.1) is 26.9 Å². The molecule has 0 unspecified atom stereocenters. The maximum atomic E-state index is 13.6. The third kappa shape index (κ3) is 6.34. The minimum Gasteiger partial charge on any atom is -0.497 e. The second kappa shape index (κ2) is 12.1. The molecular formula is C28H28N2O5S. The van der Waals surface area contributed by atoms with Crippen LogP contribution in [0.4, 0.5) is 0 Å². The van der Waals surface area contributed by atoms with Gasteiger partial charge >= 0.3 is 0 Å². The number of hydrogen-bond acceptors (Lipinski definition) is 6. The molecule has 4 rings (SSSR count). The molecule has 2 aromatic heterocycles. The molecule has 0 aliphatic heterocycles. The van der Waals surface area contributed by atoms with Gasteiger partial charge in [0.2, 0.25) is 5.91 Å². The van der Waals surface area contributed by atoms with Crippen LogP contribution in [0.15, 0.2) is 88.9 Å². The summed E-state index contributed by atoms with van der Waals surface area (Å²) in [7, 11) is 3.20. The summed E-state index contributed by atoms with van der Waals surface area (Å²) < 4.78 is 16.2. The molecule has 0 aliphatic rings. The van der Waals surface area contributed by atoms with Crippen molar-refractivity contribution in [3.05, 3.63) is 106 Å². The number of carbonyl (C=O) groups excluding carboxylic acids is 2. The highest BCUT2D eigenvalue weighted by Gasteiger charge is 2.33. The molecule has 0 saturated carbocycles. The summed E-state index contributed by atoms with van der Waals surface area (Å²) >= 11 is 1.51. The van der Waals surface area contributed by atoms with Gasteiger partial charge in [0.25, 0.3) is 5.91 Å². The zero-order valence-electron chi connectivity index (χ0n) is 20.2. The van der Waals surface area contributed by atoms with Crippen molar-refractivity contribution < 1.29 is 23.5 Å². The Kier molecular flexibility index (Phi) is 8.41. The van der Waals surface area contributed by atoms with Gasteiger partial charge in [-0.3, -0.25) is 9.59 Å². The van der Waals surface area contributed by atoms with Crippen LogP contribution in [0.1, 0.15) is 27.8 Å². The number of rotatable bonds is 11. The molecule has 2 amide bonds. The number of ether oxygens (including phenoxy) is 2. The number of hydrogen-bond donors (Lipinski definition) is 1. The average Bonchev–Trinajstić information content (AvgIpc) is 3.62. The normalized spacial score (nSPS) is 11.5. The first-order valence-corrected chi connectivity index (χ1v) is 12.3. The molecule has 0 fully saturated rings. The lowest BCUT2D eigenvalue weighted by molar-refractivity contribution is -0.141. The Morgan fingerprint density at radius 1 is 0.944 bits per heavy atom. The fourth-order valence-corrected chi connectivity index (χ4v) is 4.55. The van der Waals surface area contributed by atoms with Crippen molar-refractivity contribution >= 4 is 23.2 Å². The Labute approximate surface area is 214 Å². The van der Waals surface area contributed by atoms with Crippen molar-refractivity contribution in [3.8, 4) is 11.5 Å². The number of thiophene rings is 1. The summed E-state index contributed by atoms with van der Waals surface area (Å²) in [5, 5.41) is 4.90. The molecule has 1 atom stereocenters. The van der Waals surface area contributed by atoms with E-state index in [9.17, 15) is 9.59 Å². The van der Waals surface area contributed by atoms with E-state index >= 15 is 0 Å². The Morgan fingerprint density at radius 3 is 2.42 bits per heavy atom. The topological polar surface area (TPSA) is 81.0 Å². The zero-order chi connectivity index (χ0) is 25.3. The molecule has 0 radical (unpaired) electrons. The van der Waals surface area contributed by atoms with E-state index in [-0.39, 0.29) is 24.8 Å². The highest BCUT2D eigenvalue weighted by atomic mass is 32.1. The monoisotopic (exact) mass is 504 g/mol. The Bertz CT molecular complexity index is 1250. The number of carbonyl (C=O) groups is 2. The molecule has 8 heteroatoms. The summed E-state index contributed by atoms with van der Waals surface area (Å²) in [6, 6.07) is 21.2. The SMILES string of the molecule is COc1ccc(CNC(=O)[C@H](c2ccco2)N(Cc2cccc(OC)c2)C(=O)Cc2cccs2)cc1. The van der Waals surface area contributed by atoms with Crippen LogP contribution in [0.5, 0.6) is 11.5 Å². The molecular weight excluding hydrogens is 476 g/mol. The third-order valence-electron chi connectivity index (χ3n) is 5.71. The van der Waals surface area contributed by atoms with E-state index in [2.05, 4.69) is 5.32 Å². The molecule has 0 saturated heterocycles. The molecule has 0 spiro atoms. The Balaban J connectivity index is 1.62. The van der Waals surface area contributed by atoms with Crippen LogP contribution in [0.3, 0.4) is 0 Å². The molecule has 0 aliphatic carbocycles. The number of amides is 2. The highest BCUT2D eigenvalue weighted by Crippen LogP contribution is 2.27. The van der Waals surface area contributed by atoms with Gasteiger partial charge in [-0.05, 0) is 59.0 Å². The summed E-state index contributed by atoms with van der Waals surface area (Å²) in [4.78, 5) is 29.7. The fraction of sp³-hybridized carbons (Fsp3) is 0.214. The van der Waals surface area contributed by atoms with Crippen LogP contribution >= 0.6 is 11.3 Å². The van der Waals surface area contributed by atoms with Crippen molar-refractivity contribution in [2.75, 3.05) is 14.2 Å². The van der Waals surface area contributed by atoms with Crippen molar-refractivity contribution in [3.63, 3.8) is 0 Å². The zero-order valence-corrected chi connectivity index (χ0v) is 21.0.